The average molecular weight is 703 g/mol. The lowest BCUT2D eigenvalue weighted by Crippen LogP contribution is -2.55. The van der Waals surface area contributed by atoms with Gasteiger partial charge in [-0.15, -0.1) is 0 Å². The third kappa shape index (κ3) is 11.7. The molecule has 1 aliphatic rings. The topological polar surface area (TPSA) is 147 Å². The van der Waals surface area contributed by atoms with Crippen LogP contribution in [0.25, 0.3) is 0 Å². The predicted molar refractivity (Wildman–Crippen MR) is 197 cm³/mol. The summed E-state index contributed by atoms with van der Waals surface area (Å²) in [6.45, 7) is 12.6. The number of nitrogens with one attached hydrogen (secondary N) is 2. The van der Waals surface area contributed by atoms with Crippen LogP contribution < -0.4 is 16.4 Å². The highest BCUT2D eigenvalue weighted by atomic mass is 16.5. The van der Waals surface area contributed by atoms with E-state index in [-0.39, 0.29) is 66.6 Å². The van der Waals surface area contributed by atoms with Gasteiger partial charge < -0.3 is 35.6 Å². The number of likely N-dealkylation sites (N-methyl/N-ethyl adjacent to an activating group) is 2. The number of amides is 4. The first-order chi connectivity index (χ1) is 23.6. The van der Waals surface area contributed by atoms with Crippen molar-refractivity contribution in [3.8, 4) is 0 Å². The Morgan fingerprint density at radius 2 is 1.64 bits per heavy atom. The number of benzene rings is 1. The molecule has 1 fully saturated rings. The van der Waals surface area contributed by atoms with E-state index in [0.717, 1.165) is 18.4 Å². The maximum atomic E-state index is 14.0. The summed E-state index contributed by atoms with van der Waals surface area (Å²) in [6.07, 6.45) is 1.84. The number of nitrogens with zero attached hydrogens (tertiary/aromatic N) is 3. The summed E-state index contributed by atoms with van der Waals surface area (Å²) in [7, 11) is 8.55. The molecule has 4 N–H and O–H groups in total. The van der Waals surface area contributed by atoms with E-state index in [9.17, 15) is 19.2 Å². The fourth-order valence-corrected chi connectivity index (χ4v) is 7.39. The number of likely N-dealkylation sites (tertiary alicyclic amines) is 1. The fraction of sp³-hybridized carbons (Fsp3) is 0.737. The lowest BCUT2D eigenvalue weighted by molar-refractivity contribution is -0.146. The van der Waals surface area contributed by atoms with Gasteiger partial charge in [0.05, 0.1) is 49.2 Å². The molecule has 284 valence electrons. The molecule has 0 spiro atoms. The first-order valence-corrected chi connectivity index (χ1v) is 18.2. The second kappa shape index (κ2) is 20.7. The van der Waals surface area contributed by atoms with Crippen LogP contribution in [-0.4, -0.2) is 130 Å². The molecule has 1 aliphatic heterocycles. The third-order valence-electron chi connectivity index (χ3n) is 10.4. The van der Waals surface area contributed by atoms with E-state index >= 15 is 0 Å². The fourth-order valence-electron chi connectivity index (χ4n) is 7.39. The summed E-state index contributed by atoms with van der Waals surface area (Å²) in [5.74, 6) is -1.17. The smallest absolute Gasteiger partial charge is 0.242 e. The van der Waals surface area contributed by atoms with E-state index in [2.05, 4.69) is 10.6 Å². The number of carbonyl (C=O) groups excluding carboxylic acids is 4. The summed E-state index contributed by atoms with van der Waals surface area (Å²) in [4.78, 5) is 59.2. The molecule has 12 heteroatoms. The van der Waals surface area contributed by atoms with Crippen molar-refractivity contribution in [3.63, 3.8) is 0 Å². The summed E-state index contributed by atoms with van der Waals surface area (Å²) >= 11 is 0. The molecular weight excluding hydrogens is 636 g/mol. The number of carbonyl (C=O) groups is 4. The standard InChI is InChI=1S/C38H66N6O6/c1-12-26(5)35(43(9)33(46)23-40-38(48)34(24(2)3)42(7)8)31(49-10)21-32(45)44-19-13-14-30(44)36(50-11)27(6)37(47)41-29(22-39)20-28-17-15-25(4)16-18-28/h15-18,24,26-27,29-31,34-36H,12-14,19-23,39H2,1-11H3,(H,40,48)(H,41,47)/t26-,27+,29-,30-,31+,34?,35-,36+/m0/s1. The van der Waals surface area contributed by atoms with Crippen LogP contribution in [0.1, 0.15) is 71.4 Å². The highest BCUT2D eigenvalue weighted by Crippen LogP contribution is 2.29. The molecular formula is C38H66N6O6. The summed E-state index contributed by atoms with van der Waals surface area (Å²) in [5.41, 5.74) is 8.32. The zero-order valence-electron chi connectivity index (χ0n) is 32.5. The van der Waals surface area contributed by atoms with E-state index in [0.29, 0.717) is 25.9 Å². The van der Waals surface area contributed by atoms with Gasteiger partial charge in [0.2, 0.25) is 23.6 Å². The van der Waals surface area contributed by atoms with Gasteiger partial charge >= 0.3 is 0 Å². The van der Waals surface area contributed by atoms with Gasteiger partial charge in [0.15, 0.2) is 0 Å². The van der Waals surface area contributed by atoms with Crippen molar-refractivity contribution in [3.05, 3.63) is 35.4 Å². The van der Waals surface area contributed by atoms with E-state index in [1.54, 1.807) is 26.2 Å². The van der Waals surface area contributed by atoms with Gasteiger partial charge in [-0.1, -0.05) is 70.9 Å². The molecule has 0 saturated carbocycles. The normalized spacial score (nSPS) is 19.0. The zero-order chi connectivity index (χ0) is 37.7. The predicted octanol–water partition coefficient (Wildman–Crippen LogP) is 2.60. The lowest BCUT2D eigenvalue weighted by atomic mass is 9.90. The minimum Gasteiger partial charge on any atom is -0.379 e. The third-order valence-corrected chi connectivity index (χ3v) is 10.4. The van der Waals surface area contributed by atoms with Crippen LogP contribution in [0.3, 0.4) is 0 Å². The van der Waals surface area contributed by atoms with Crippen LogP contribution in [-0.2, 0) is 35.1 Å². The lowest BCUT2D eigenvalue weighted by Gasteiger charge is -2.39. The summed E-state index contributed by atoms with van der Waals surface area (Å²) in [6, 6.07) is 6.90. The van der Waals surface area contributed by atoms with Gasteiger partial charge in [-0.05, 0) is 57.7 Å². The monoisotopic (exact) mass is 703 g/mol. The molecule has 8 atom stereocenters. The molecule has 1 aromatic rings. The Bertz CT molecular complexity index is 1220. The number of methoxy groups -OCH3 is 2. The molecule has 0 radical (unpaired) electrons. The maximum Gasteiger partial charge on any atom is 0.242 e. The number of hydrogen-bond donors (Lipinski definition) is 3. The van der Waals surface area contributed by atoms with Crippen molar-refractivity contribution in [1.29, 1.82) is 0 Å². The highest BCUT2D eigenvalue weighted by molar-refractivity contribution is 5.87. The van der Waals surface area contributed by atoms with Gasteiger partial charge in [0.25, 0.3) is 0 Å². The van der Waals surface area contributed by atoms with E-state index in [1.807, 2.05) is 89.7 Å². The first kappa shape index (κ1) is 43.1. The minimum absolute atomic E-state index is 0.0165. The number of aryl methyl sites for hydroxylation is 1. The van der Waals surface area contributed by atoms with E-state index in [1.165, 1.54) is 5.56 Å². The molecule has 1 heterocycles. The summed E-state index contributed by atoms with van der Waals surface area (Å²) < 4.78 is 11.9. The Kier molecular flexibility index (Phi) is 17.9. The van der Waals surface area contributed by atoms with Gasteiger partial charge in [-0.3, -0.25) is 24.1 Å². The molecule has 0 aromatic heterocycles. The van der Waals surface area contributed by atoms with E-state index in [4.69, 9.17) is 15.2 Å². The minimum atomic E-state index is -0.581. The Morgan fingerprint density at radius 3 is 2.16 bits per heavy atom. The Hall–Kier alpha value is -3.06. The molecule has 2 rings (SSSR count). The quantitative estimate of drug-likeness (QED) is 0.188. The SMILES string of the molecule is CC[C@H](C)[C@@H]([C@@H](CC(=O)N1CCC[C@H]1[C@H](OC)[C@@H](C)C(=O)N[C@H](CN)Cc1ccc(C)cc1)OC)N(C)C(=O)CNC(=O)C(C(C)C)N(C)C. The largest absolute Gasteiger partial charge is 0.379 e. The van der Waals surface area contributed by atoms with Crippen LogP contribution in [0.4, 0.5) is 0 Å². The van der Waals surface area contributed by atoms with Crippen molar-refractivity contribution in [2.75, 3.05) is 55.0 Å². The van der Waals surface area contributed by atoms with Crippen molar-refractivity contribution in [2.45, 2.75) is 110 Å². The van der Waals surface area contributed by atoms with Crippen molar-refractivity contribution < 1.29 is 28.7 Å². The Morgan fingerprint density at radius 1 is 1.00 bits per heavy atom. The second-order valence-electron chi connectivity index (χ2n) is 14.6. The van der Waals surface area contributed by atoms with E-state index < -0.39 is 24.2 Å². The Labute approximate surface area is 301 Å². The summed E-state index contributed by atoms with van der Waals surface area (Å²) in [5, 5.41) is 5.92. The van der Waals surface area contributed by atoms with Crippen molar-refractivity contribution in [1.82, 2.24) is 25.3 Å². The number of ether oxygens (including phenoxy) is 2. The molecule has 50 heavy (non-hydrogen) atoms. The molecule has 4 amide bonds. The van der Waals surface area contributed by atoms with Crippen molar-refractivity contribution >= 4 is 23.6 Å². The number of hydrogen-bond acceptors (Lipinski definition) is 8. The maximum absolute atomic E-state index is 14.0. The molecule has 1 unspecified atom stereocenters. The van der Waals surface area contributed by atoms with Gasteiger partial charge in [-0.25, -0.2) is 0 Å². The second-order valence-corrected chi connectivity index (χ2v) is 14.6. The average Bonchev–Trinajstić information content (AvgIpc) is 3.56. The molecule has 1 aromatic carbocycles. The highest BCUT2D eigenvalue weighted by Gasteiger charge is 2.42. The Balaban J connectivity index is 2.15. The van der Waals surface area contributed by atoms with Crippen molar-refractivity contribution in [2.24, 2.45) is 23.5 Å². The van der Waals surface area contributed by atoms with Crippen LogP contribution in [0.15, 0.2) is 24.3 Å². The molecule has 12 nitrogen and oxygen atoms in total. The number of nitrogens with two attached hydrogens (primary N) is 1. The first-order valence-electron chi connectivity index (χ1n) is 18.2. The van der Waals surface area contributed by atoms with Gasteiger partial charge in [0, 0.05) is 40.4 Å². The number of rotatable bonds is 20. The molecule has 1 saturated heterocycles. The van der Waals surface area contributed by atoms with Crippen LogP contribution in [0.2, 0.25) is 0 Å². The zero-order valence-corrected chi connectivity index (χ0v) is 32.5. The van der Waals surface area contributed by atoms with Crippen LogP contribution >= 0.6 is 0 Å². The molecule has 0 aliphatic carbocycles. The van der Waals surface area contributed by atoms with Gasteiger partial charge in [0.1, 0.15) is 0 Å². The van der Waals surface area contributed by atoms with Gasteiger partial charge in [-0.2, -0.15) is 0 Å². The molecule has 0 bridgehead atoms. The van der Waals surface area contributed by atoms with Crippen LogP contribution in [0.5, 0.6) is 0 Å². The van der Waals surface area contributed by atoms with Crippen LogP contribution in [0, 0.1) is 24.7 Å².